The van der Waals surface area contributed by atoms with E-state index in [1.807, 2.05) is 13.8 Å². The van der Waals surface area contributed by atoms with Gasteiger partial charge in [0.2, 0.25) is 5.91 Å². The summed E-state index contributed by atoms with van der Waals surface area (Å²) in [5.41, 5.74) is 1.34. The molecule has 1 N–H and O–H groups in total. The molecule has 0 aliphatic rings. The first-order valence-electron chi connectivity index (χ1n) is 4.80. The number of anilines is 1. The summed E-state index contributed by atoms with van der Waals surface area (Å²) >= 11 is 3.17. The molecular weight excluding hydrogens is 288 g/mol. The molecule has 0 atom stereocenters. The van der Waals surface area contributed by atoms with Gasteiger partial charge in [-0.3, -0.25) is 14.9 Å². The predicted octanol–water partition coefficient (Wildman–Crippen LogP) is 3.26. The maximum Gasteiger partial charge on any atom is 0.270 e. The second kappa shape index (κ2) is 5.58. The van der Waals surface area contributed by atoms with Gasteiger partial charge in [-0.1, -0.05) is 5.57 Å². The van der Waals surface area contributed by atoms with E-state index in [4.69, 9.17) is 0 Å². The van der Waals surface area contributed by atoms with E-state index in [1.54, 1.807) is 0 Å². The maximum atomic E-state index is 11.5. The highest BCUT2D eigenvalue weighted by Gasteiger charge is 2.10. The Bertz CT molecular complexity index is 493. The Kier molecular flexibility index (Phi) is 4.39. The molecule has 0 saturated carbocycles. The molecule has 1 rings (SSSR count). The summed E-state index contributed by atoms with van der Waals surface area (Å²) in [5, 5.41) is 13.1. The fourth-order valence-electron chi connectivity index (χ4n) is 1.15. The van der Waals surface area contributed by atoms with Gasteiger partial charge in [0.1, 0.15) is 0 Å². The Hall–Kier alpha value is -1.69. The minimum Gasteiger partial charge on any atom is -0.321 e. The van der Waals surface area contributed by atoms with Crippen LogP contribution in [-0.4, -0.2) is 10.8 Å². The van der Waals surface area contributed by atoms with Crippen molar-refractivity contribution >= 4 is 33.2 Å². The van der Waals surface area contributed by atoms with Crippen LogP contribution >= 0.6 is 15.9 Å². The number of carbonyl (C=O) groups excluding carboxylic acids is 1. The minimum absolute atomic E-state index is 0.0305. The number of benzene rings is 1. The van der Waals surface area contributed by atoms with Gasteiger partial charge in [0, 0.05) is 22.7 Å². The van der Waals surface area contributed by atoms with Crippen molar-refractivity contribution < 1.29 is 9.72 Å². The van der Waals surface area contributed by atoms with Gasteiger partial charge in [0.25, 0.3) is 5.69 Å². The molecule has 0 spiro atoms. The van der Waals surface area contributed by atoms with Crippen molar-refractivity contribution in [2.75, 3.05) is 5.32 Å². The molecule has 0 fully saturated rings. The van der Waals surface area contributed by atoms with E-state index >= 15 is 0 Å². The topological polar surface area (TPSA) is 72.2 Å². The van der Waals surface area contributed by atoms with Crippen LogP contribution in [-0.2, 0) is 4.79 Å². The Labute approximate surface area is 107 Å². The number of amides is 1. The summed E-state index contributed by atoms with van der Waals surface area (Å²) < 4.78 is 0.474. The minimum atomic E-state index is -0.494. The summed E-state index contributed by atoms with van der Waals surface area (Å²) in [6.45, 7) is 3.62. The molecule has 17 heavy (non-hydrogen) atoms. The Morgan fingerprint density at radius 2 is 2.12 bits per heavy atom. The van der Waals surface area contributed by atoms with Crippen molar-refractivity contribution in [2.24, 2.45) is 0 Å². The number of nitrogens with zero attached hydrogens (tertiary/aromatic N) is 1. The first-order chi connectivity index (χ1) is 7.90. The number of hydrogen-bond donors (Lipinski definition) is 1. The van der Waals surface area contributed by atoms with E-state index in [9.17, 15) is 14.9 Å². The van der Waals surface area contributed by atoms with E-state index in [0.29, 0.717) is 10.2 Å². The molecule has 0 saturated heterocycles. The van der Waals surface area contributed by atoms with Gasteiger partial charge in [0.05, 0.1) is 10.6 Å². The molecule has 0 radical (unpaired) electrons. The largest absolute Gasteiger partial charge is 0.321 e. The highest BCUT2D eigenvalue weighted by Crippen LogP contribution is 2.27. The first kappa shape index (κ1) is 13.4. The molecule has 0 heterocycles. The van der Waals surface area contributed by atoms with Crippen LogP contribution in [0, 0.1) is 10.1 Å². The molecule has 90 valence electrons. The van der Waals surface area contributed by atoms with Crippen LogP contribution in [0.25, 0.3) is 0 Å². The van der Waals surface area contributed by atoms with Crippen LogP contribution in [0.2, 0.25) is 0 Å². The van der Waals surface area contributed by atoms with Crippen molar-refractivity contribution in [3.8, 4) is 0 Å². The lowest BCUT2D eigenvalue weighted by Crippen LogP contribution is -2.09. The second-order valence-electron chi connectivity index (χ2n) is 3.63. The van der Waals surface area contributed by atoms with Crippen LogP contribution in [0.15, 0.2) is 34.3 Å². The Balaban J connectivity index is 2.90. The summed E-state index contributed by atoms with van der Waals surface area (Å²) in [6.07, 6.45) is 1.45. The van der Waals surface area contributed by atoms with Crippen LogP contribution in [0.3, 0.4) is 0 Å². The zero-order chi connectivity index (χ0) is 13.0. The van der Waals surface area contributed by atoms with Crippen molar-refractivity contribution in [3.05, 3.63) is 44.4 Å². The van der Waals surface area contributed by atoms with Gasteiger partial charge < -0.3 is 5.32 Å². The fourth-order valence-corrected chi connectivity index (χ4v) is 1.62. The maximum absolute atomic E-state index is 11.5. The number of nitro groups is 1. The van der Waals surface area contributed by atoms with E-state index in [1.165, 1.54) is 24.3 Å². The molecule has 0 aromatic heterocycles. The van der Waals surface area contributed by atoms with Crippen molar-refractivity contribution in [1.29, 1.82) is 0 Å². The van der Waals surface area contributed by atoms with Gasteiger partial charge in [-0.2, -0.15) is 0 Å². The quantitative estimate of drug-likeness (QED) is 0.529. The molecular formula is C11H11BrN2O3. The molecule has 0 bridgehead atoms. The number of carbonyl (C=O) groups is 1. The van der Waals surface area contributed by atoms with Crippen molar-refractivity contribution in [2.45, 2.75) is 13.8 Å². The van der Waals surface area contributed by atoms with E-state index < -0.39 is 4.92 Å². The summed E-state index contributed by atoms with van der Waals surface area (Å²) in [7, 11) is 0. The number of rotatable bonds is 3. The van der Waals surface area contributed by atoms with Crippen LogP contribution in [0.5, 0.6) is 0 Å². The molecule has 5 nitrogen and oxygen atoms in total. The van der Waals surface area contributed by atoms with E-state index in [2.05, 4.69) is 21.2 Å². The Morgan fingerprint density at radius 1 is 1.47 bits per heavy atom. The number of allylic oxidation sites excluding steroid dienone is 1. The summed E-state index contributed by atoms with van der Waals surface area (Å²) in [4.78, 5) is 21.5. The monoisotopic (exact) mass is 298 g/mol. The third-order valence-corrected chi connectivity index (χ3v) is 2.50. The summed E-state index contributed by atoms with van der Waals surface area (Å²) in [5.74, 6) is -0.264. The fraction of sp³-hybridized carbons (Fsp3) is 0.182. The van der Waals surface area contributed by atoms with Gasteiger partial charge in [0.15, 0.2) is 0 Å². The lowest BCUT2D eigenvalue weighted by atomic mass is 10.2. The van der Waals surface area contributed by atoms with Gasteiger partial charge in [-0.15, -0.1) is 0 Å². The third kappa shape index (κ3) is 3.99. The summed E-state index contributed by atoms with van der Waals surface area (Å²) in [6, 6.07) is 4.17. The average molecular weight is 299 g/mol. The second-order valence-corrected chi connectivity index (χ2v) is 4.49. The van der Waals surface area contributed by atoms with E-state index in [0.717, 1.165) is 5.57 Å². The predicted molar refractivity (Wildman–Crippen MR) is 68.9 cm³/mol. The average Bonchev–Trinajstić information content (AvgIpc) is 2.19. The van der Waals surface area contributed by atoms with Crippen LogP contribution < -0.4 is 5.32 Å². The molecule has 6 heteroatoms. The van der Waals surface area contributed by atoms with Crippen LogP contribution in [0.4, 0.5) is 11.4 Å². The van der Waals surface area contributed by atoms with Gasteiger partial charge >= 0.3 is 0 Å². The molecule has 1 amide bonds. The zero-order valence-corrected chi connectivity index (χ0v) is 10.9. The Morgan fingerprint density at radius 3 is 2.59 bits per heavy atom. The SMILES string of the molecule is CC(C)=CC(=O)Nc1ccc([N+](=O)[O-])cc1Br. The molecule has 0 aliphatic heterocycles. The standard InChI is InChI=1S/C11H11BrN2O3/c1-7(2)5-11(15)13-10-4-3-8(14(16)17)6-9(10)12/h3-6H,1-2H3,(H,13,15). The lowest BCUT2D eigenvalue weighted by Gasteiger charge is -2.05. The van der Waals surface area contributed by atoms with E-state index in [-0.39, 0.29) is 11.6 Å². The zero-order valence-electron chi connectivity index (χ0n) is 9.36. The lowest BCUT2D eigenvalue weighted by molar-refractivity contribution is -0.384. The number of hydrogen-bond acceptors (Lipinski definition) is 3. The molecule has 1 aromatic carbocycles. The van der Waals surface area contributed by atoms with Gasteiger partial charge in [-0.05, 0) is 35.8 Å². The van der Waals surface area contributed by atoms with Crippen molar-refractivity contribution in [1.82, 2.24) is 0 Å². The normalized spacial score (nSPS) is 9.59. The number of nitro benzene ring substituents is 1. The molecule has 1 aromatic rings. The first-order valence-corrected chi connectivity index (χ1v) is 5.59. The number of nitrogens with one attached hydrogen (secondary N) is 1. The third-order valence-electron chi connectivity index (χ3n) is 1.84. The van der Waals surface area contributed by atoms with Crippen LogP contribution in [0.1, 0.15) is 13.8 Å². The smallest absolute Gasteiger partial charge is 0.270 e. The number of non-ortho nitro benzene ring substituents is 1. The molecule has 0 unspecified atom stereocenters. The van der Waals surface area contributed by atoms with Gasteiger partial charge in [-0.25, -0.2) is 0 Å². The van der Waals surface area contributed by atoms with Crippen molar-refractivity contribution in [3.63, 3.8) is 0 Å². The highest BCUT2D eigenvalue weighted by molar-refractivity contribution is 9.10. The highest BCUT2D eigenvalue weighted by atomic mass is 79.9. The number of halogens is 1. The molecule has 0 aliphatic carbocycles.